The molecule has 30 heavy (non-hydrogen) atoms. The van der Waals surface area contributed by atoms with Crippen molar-refractivity contribution in [2.75, 3.05) is 13.1 Å². The van der Waals surface area contributed by atoms with Gasteiger partial charge in [0.25, 0.3) is 0 Å². The summed E-state index contributed by atoms with van der Waals surface area (Å²) in [7, 11) is 0. The van der Waals surface area contributed by atoms with Gasteiger partial charge in [0.2, 0.25) is 0 Å². The van der Waals surface area contributed by atoms with Gasteiger partial charge in [-0.25, -0.2) is 0 Å². The van der Waals surface area contributed by atoms with Gasteiger partial charge in [0.05, 0.1) is 0 Å². The van der Waals surface area contributed by atoms with Crippen LogP contribution in [0.5, 0.6) is 0 Å². The highest BCUT2D eigenvalue weighted by molar-refractivity contribution is 6.13. The van der Waals surface area contributed by atoms with Crippen LogP contribution in [0.25, 0.3) is 11.1 Å². The van der Waals surface area contributed by atoms with Crippen LogP contribution in [0.3, 0.4) is 0 Å². The van der Waals surface area contributed by atoms with E-state index in [1.807, 2.05) is 42.5 Å². The number of nitrogens with one attached hydrogen (secondary N) is 1. The van der Waals surface area contributed by atoms with Gasteiger partial charge in [-0.15, -0.1) is 0 Å². The molecule has 1 fully saturated rings. The fourth-order valence-corrected chi connectivity index (χ4v) is 4.40. The van der Waals surface area contributed by atoms with Crippen LogP contribution in [-0.2, 0) is 0 Å². The van der Waals surface area contributed by atoms with Gasteiger partial charge in [-0.05, 0) is 79.1 Å². The van der Waals surface area contributed by atoms with Gasteiger partial charge in [0.15, 0.2) is 5.78 Å². The second-order valence-electron chi connectivity index (χ2n) is 8.13. The number of hydrogen-bond acceptors (Lipinski definition) is 3. The van der Waals surface area contributed by atoms with Crippen LogP contribution in [0.4, 0.5) is 0 Å². The van der Waals surface area contributed by atoms with Crippen LogP contribution in [-0.4, -0.2) is 25.2 Å². The molecule has 1 atom stereocenters. The van der Waals surface area contributed by atoms with E-state index >= 15 is 0 Å². The number of carbonyl (C=O) groups excluding carboxylic acids is 2. The van der Waals surface area contributed by atoms with E-state index in [-0.39, 0.29) is 11.7 Å². The molecule has 0 spiro atoms. The van der Waals surface area contributed by atoms with E-state index in [9.17, 15) is 9.59 Å². The summed E-state index contributed by atoms with van der Waals surface area (Å²) in [4.78, 5) is 25.5. The molecule has 0 aliphatic carbocycles. The minimum atomic E-state index is -0.0528. The normalized spacial score (nSPS) is 16.3. The molecule has 1 heterocycles. The SMILES string of the molecule is Cc1cccc(-c2cc(C3CCCNC3)c(C=O)cc2C(=O)c2ccccc2)c1C. The molecule has 3 aromatic rings. The largest absolute Gasteiger partial charge is 0.316 e. The first-order chi connectivity index (χ1) is 14.6. The zero-order valence-corrected chi connectivity index (χ0v) is 17.6. The predicted molar refractivity (Wildman–Crippen MR) is 121 cm³/mol. The second kappa shape index (κ2) is 8.76. The molecule has 1 saturated heterocycles. The molecule has 0 radical (unpaired) electrons. The third kappa shape index (κ3) is 3.86. The lowest BCUT2D eigenvalue weighted by Gasteiger charge is -2.26. The van der Waals surface area contributed by atoms with Crippen LogP contribution in [0, 0.1) is 13.8 Å². The average molecular weight is 398 g/mol. The lowest BCUT2D eigenvalue weighted by molar-refractivity contribution is 0.103. The number of aryl methyl sites for hydroxylation is 1. The number of piperidine rings is 1. The number of ketones is 1. The Morgan fingerprint density at radius 1 is 1.00 bits per heavy atom. The maximum absolute atomic E-state index is 13.5. The molecule has 0 amide bonds. The van der Waals surface area contributed by atoms with Gasteiger partial charge in [0, 0.05) is 23.2 Å². The molecule has 3 aromatic carbocycles. The van der Waals surface area contributed by atoms with Crippen LogP contribution in [0.2, 0.25) is 0 Å². The maximum atomic E-state index is 13.5. The van der Waals surface area contributed by atoms with Crippen molar-refractivity contribution < 1.29 is 9.59 Å². The third-order valence-corrected chi connectivity index (χ3v) is 6.26. The molecule has 0 bridgehead atoms. The highest BCUT2D eigenvalue weighted by Gasteiger charge is 2.24. The van der Waals surface area contributed by atoms with Gasteiger partial charge in [-0.2, -0.15) is 0 Å². The van der Waals surface area contributed by atoms with E-state index in [1.54, 1.807) is 0 Å². The molecular weight excluding hydrogens is 370 g/mol. The summed E-state index contributed by atoms with van der Waals surface area (Å²) in [6, 6.07) is 19.4. The molecule has 1 aliphatic rings. The number of benzene rings is 3. The number of carbonyl (C=O) groups is 2. The smallest absolute Gasteiger partial charge is 0.193 e. The fourth-order valence-electron chi connectivity index (χ4n) is 4.40. The number of hydrogen-bond donors (Lipinski definition) is 1. The fraction of sp³-hybridized carbons (Fsp3) is 0.259. The minimum absolute atomic E-state index is 0.0528. The Labute approximate surface area is 178 Å². The Morgan fingerprint density at radius 2 is 1.80 bits per heavy atom. The van der Waals surface area contributed by atoms with Gasteiger partial charge < -0.3 is 5.32 Å². The summed E-state index contributed by atoms with van der Waals surface area (Å²) in [5.74, 6) is 0.228. The zero-order valence-electron chi connectivity index (χ0n) is 17.6. The van der Waals surface area contributed by atoms with Crippen molar-refractivity contribution in [3.63, 3.8) is 0 Å². The molecule has 1 N–H and O–H groups in total. The van der Waals surface area contributed by atoms with Gasteiger partial charge in [-0.3, -0.25) is 9.59 Å². The van der Waals surface area contributed by atoms with Crippen molar-refractivity contribution in [2.45, 2.75) is 32.6 Å². The first kappa shape index (κ1) is 20.2. The monoisotopic (exact) mass is 397 g/mol. The molecule has 1 aliphatic heterocycles. The highest BCUT2D eigenvalue weighted by atomic mass is 16.1. The Balaban J connectivity index is 1.95. The molecule has 1 unspecified atom stereocenters. The van der Waals surface area contributed by atoms with Crippen molar-refractivity contribution in [2.24, 2.45) is 0 Å². The van der Waals surface area contributed by atoms with Crippen molar-refractivity contribution in [1.82, 2.24) is 5.32 Å². The van der Waals surface area contributed by atoms with E-state index in [2.05, 4.69) is 37.4 Å². The van der Waals surface area contributed by atoms with Crippen molar-refractivity contribution in [3.8, 4) is 11.1 Å². The van der Waals surface area contributed by atoms with E-state index in [0.29, 0.717) is 16.7 Å². The second-order valence-corrected chi connectivity index (χ2v) is 8.13. The molecule has 4 rings (SSSR count). The van der Waals surface area contributed by atoms with Gasteiger partial charge in [-0.1, -0.05) is 48.5 Å². The third-order valence-electron chi connectivity index (χ3n) is 6.26. The quantitative estimate of drug-likeness (QED) is 0.458. The number of rotatable bonds is 5. The van der Waals surface area contributed by atoms with E-state index in [4.69, 9.17) is 0 Å². The Kier molecular flexibility index (Phi) is 5.91. The lowest BCUT2D eigenvalue weighted by atomic mass is 9.82. The van der Waals surface area contributed by atoms with E-state index in [1.165, 1.54) is 5.56 Å². The van der Waals surface area contributed by atoms with Crippen molar-refractivity contribution in [1.29, 1.82) is 0 Å². The van der Waals surface area contributed by atoms with Gasteiger partial charge >= 0.3 is 0 Å². The lowest BCUT2D eigenvalue weighted by Crippen LogP contribution is -2.29. The summed E-state index contributed by atoms with van der Waals surface area (Å²) in [6.45, 7) is 6.06. The summed E-state index contributed by atoms with van der Waals surface area (Å²) < 4.78 is 0. The molecule has 152 valence electrons. The maximum Gasteiger partial charge on any atom is 0.193 e. The Morgan fingerprint density at radius 3 is 2.50 bits per heavy atom. The topological polar surface area (TPSA) is 46.2 Å². The standard InChI is InChI=1S/C27H27NO2/c1-18-8-6-12-23(19(18)2)25-15-24(21-11-7-13-28-16-21)22(17-29)14-26(25)27(30)20-9-4-3-5-10-20/h3-6,8-10,12,14-15,17,21,28H,7,11,13,16H2,1-2H3. The first-order valence-electron chi connectivity index (χ1n) is 10.6. The zero-order chi connectivity index (χ0) is 21.1. The van der Waals surface area contributed by atoms with Crippen molar-refractivity contribution in [3.05, 3.63) is 94.0 Å². The molecule has 3 nitrogen and oxygen atoms in total. The highest BCUT2D eigenvalue weighted by Crippen LogP contribution is 2.36. The van der Waals surface area contributed by atoms with Crippen LogP contribution >= 0.6 is 0 Å². The number of aldehydes is 1. The summed E-state index contributed by atoms with van der Waals surface area (Å²) in [5.41, 5.74) is 7.19. The Bertz CT molecular complexity index is 1080. The summed E-state index contributed by atoms with van der Waals surface area (Å²) in [5, 5.41) is 3.44. The molecule has 0 aromatic heterocycles. The van der Waals surface area contributed by atoms with Crippen LogP contribution < -0.4 is 5.32 Å². The Hall–Kier alpha value is -3.04. The van der Waals surface area contributed by atoms with E-state index in [0.717, 1.165) is 54.5 Å². The minimum Gasteiger partial charge on any atom is -0.316 e. The molecule has 0 saturated carbocycles. The predicted octanol–water partition coefficient (Wildman–Crippen LogP) is 5.48. The molecule has 3 heteroatoms. The summed E-state index contributed by atoms with van der Waals surface area (Å²) in [6.07, 6.45) is 3.04. The first-order valence-corrected chi connectivity index (χ1v) is 10.6. The van der Waals surface area contributed by atoms with Crippen LogP contribution in [0.15, 0.2) is 60.7 Å². The van der Waals surface area contributed by atoms with Crippen molar-refractivity contribution >= 4 is 12.1 Å². The molecular formula is C27H27NO2. The summed E-state index contributed by atoms with van der Waals surface area (Å²) >= 11 is 0. The van der Waals surface area contributed by atoms with Gasteiger partial charge in [0.1, 0.15) is 6.29 Å². The van der Waals surface area contributed by atoms with E-state index < -0.39 is 0 Å². The average Bonchev–Trinajstić information content (AvgIpc) is 2.81. The van der Waals surface area contributed by atoms with Crippen LogP contribution in [0.1, 0.15) is 61.7 Å².